The van der Waals surface area contributed by atoms with Crippen molar-refractivity contribution in [1.82, 2.24) is 5.32 Å². The third-order valence-electron chi connectivity index (χ3n) is 1.42. The maximum Gasteiger partial charge on any atom is 0.0462 e. The molecule has 0 aliphatic carbocycles. The molecule has 0 unspecified atom stereocenters. The average molecular weight is 166 g/mol. The molecule has 0 amide bonds. The van der Waals surface area contributed by atoms with Crippen LogP contribution >= 0.6 is 0 Å². The first-order valence-electron chi connectivity index (χ1n) is 4.08. The van der Waals surface area contributed by atoms with Gasteiger partial charge in [-0.2, -0.15) is 0 Å². The number of rotatable bonds is 3. The van der Waals surface area contributed by atoms with E-state index >= 15 is 0 Å². The predicted molar refractivity (Wildman–Crippen MR) is 55.0 cm³/mol. The minimum Gasteiger partial charge on any atom is -0.364 e. The number of aliphatic imine (C=N–C) groups is 1. The molecule has 0 aliphatic rings. The van der Waals surface area contributed by atoms with Crippen LogP contribution in [0.2, 0.25) is 0 Å². The first kappa shape index (κ1) is 11.0. The van der Waals surface area contributed by atoms with E-state index < -0.39 is 0 Å². The van der Waals surface area contributed by atoms with Crippen LogP contribution < -0.4 is 5.32 Å². The molecule has 0 heterocycles. The summed E-state index contributed by atoms with van der Waals surface area (Å²) in [5.74, 6) is 0. The first-order chi connectivity index (χ1) is 5.52. The fourth-order valence-corrected chi connectivity index (χ4v) is 0.706. The first-order valence-corrected chi connectivity index (χ1v) is 4.08. The molecule has 0 rings (SSSR count). The number of hydrogen-bond acceptors (Lipinski definition) is 2. The van der Waals surface area contributed by atoms with Crippen LogP contribution in [0.25, 0.3) is 0 Å². The second-order valence-corrected chi connectivity index (χ2v) is 3.55. The van der Waals surface area contributed by atoms with Gasteiger partial charge in [-0.3, -0.25) is 4.99 Å². The fourth-order valence-electron chi connectivity index (χ4n) is 0.706. The van der Waals surface area contributed by atoms with E-state index in [1.807, 2.05) is 13.1 Å². The van der Waals surface area contributed by atoms with E-state index in [-0.39, 0.29) is 5.41 Å². The summed E-state index contributed by atoms with van der Waals surface area (Å²) in [4.78, 5) is 4.06. The van der Waals surface area contributed by atoms with Crippen molar-refractivity contribution < 1.29 is 0 Å². The van der Waals surface area contributed by atoms with Crippen molar-refractivity contribution in [3.63, 3.8) is 0 Å². The Morgan fingerprint density at radius 2 is 2.00 bits per heavy atom. The number of allylic oxidation sites excluding steroid dienone is 1. The van der Waals surface area contributed by atoms with Crippen molar-refractivity contribution in [1.29, 1.82) is 0 Å². The van der Waals surface area contributed by atoms with Crippen LogP contribution in [0.3, 0.4) is 0 Å². The molecular formula is C10H18N2. The van der Waals surface area contributed by atoms with E-state index in [2.05, 4.69) is 37.7 Å². The molecule has 0 atom stereocenters. The summed E-state index contributed by atoms with van der Waals surface area (Å²) in [5, 5.41) is 3.07. The summed E-state index contributed by atoms with van der Waals surface area (Å²) in [6.45, 7) is 11.9. The Kier molecular flexibility index (Phi) is 4.34. The van der Waals surface area contributed by atoms with E-state index in [9.17, 15) is 0 Å². The zero-order valence-corrected chi connectivity index (χ0v) is 8.39. The molecule has 12 heavy (non-hydrogen) atoms. The van der Waals surface area contributed by atoms with Crippen LogP contribution in [0.4, 0.5) is 0 Å². The number of hydrogen-bond donors (Lipinski definition) is 1. The van der Waals surface area contributed by atoms with Crippen LogP contribution in [-0.2, 0) is 0 Å². The van der Waals surface area contributed by atoms with Crippen LogP contribution in [0, 0.1) is 5.41 Å². The second-order valence-electron chi connectivity index (χ2n) is 3.55. The molecule has 0 bridgehead atoms. The molecule has 0 saturated heterocycles. The van der Waals surface area contributed by atoms with Crippen LogP contribution in [0.1, 0.15) is 27.7 Å². The molecule has 0 aromatic heterocycles. The molecule has 0 aromatic rings. The minimum atomic E-state index is 0.0840. The van der Waals surface area contributed by atoms with Gasteiger partial charge >= 0.3 is 0 Å². The van der Waals surface area contributed by atoms with Gasteiger partial charge in [0, 0.05) is 23.5 Å². The van der Waals surface area contributed by atoms with Crippen molar-refractivity contribution >= 4 is 6.21 Å². The van der Waals surface area contributed by atoms with Gasteiger partial charge in [-0.1, -0.05) is 27.4 Å². The van der Waals surface area contributed by atoms with Crippen LogP contribution in [-0.4, -0.2) is 6.21 Å². The van der Waals surface area contributed by atoms with E-state index in [1.165, 1.54) is 0 Å². The Bertz CT molecular complexity index is 194. The molecule has 0 aliphatic heterocycles. The van der Waals surface area contributed by atoms with Gasteiger partial charge in [-0.15, -0.1) is 0 Å². The van der Waals surface area contributed by atoms with Crippen molar-refractivity contribution in [2.45, 2.75) is 27.7 Å². The largest absolute Gasteiger partial charge is 0.364 e. The Morgan fingerprint density at radius 1 is 1.42 bits per heavy atom. The van der Waals surface area contributed by atoms with Gasteiger partial charge < -0.3 is 5.32 Å². The molecule has 0 aromatic carbocycles. The van der Waals surface area contributed by atoms with Crippen molar-refractivity contribution in [3.05, 3.63) is 24.7 Å². The van der Waals surface area contributed by atoms with Gasteiger partial charge in [0.05, 0.1) is 0 Å². The van der Waals surface area contributed by atoms with Gasteiger partial charge in [0.2, 0.25) is 0 Å². The molecule has 0 saturated carbocycles. The molecule has 0 spiro atoms. The van der Waals surface area contributed by atoms with Crippen LogP contribution in [0.5, 0.6) is 0 Å². The van der Waals surface area contributed by atoms with E-state index in [1.54, 1.807) is 12.4 Å². The number of nitrogens with zero attached hydrogens (tertiary/aromatic N) is 1. The summed E-state index contributed by atoms with van der Waals surface area (Å²) in [7, 11) is 0. The summed E-state index contributed by atoms with van der Waals surface area (Å²) < 4.78 is 0. The predicted octanol–water partition coefficient (Wildman–Crippen LogP) is 2.70. The smallest absolute Gasteiger partial charge is 0.0462 e. The van der Waals surface area contributed by atoms with E-state index in [4.69, 9.17) is 0 Å². The highest BCUT2D eigenvalue weighted by Gasteiger charge is 2.15. The van der Waals surface area contributed by atoms with Crippen molar-refractivity contribution in [2.75, 3.05) is 0 Å². The third-order valence-corrected chi connectivity index (χ3v) is 1.42. The summed E-state index contributed by atoms with van der Waals surface area (Å²) in [6.07, 6.45) is 5.25. The molecule has 0 fully saturated rings. The lowest BCUT2D eigenvalue weighted by molar-refractivity contribution is 0.477. The SMILES string of the molecule is C=CN/C(=C\N=C\C)C(C)(C)C. The maximum absolute atomic E-state index is 4.06. The Balaban J connectivity index is 4.53. The molecular weight excluding hydrogens is 148 g/mol. The van der Waals surface area contributed by atoms with Crippen molar-refractivity contribution in [3.8, 4) is 0 Å². The zero-order chi connectivity index (χ0) is 9.61. The maximum atomic E-state index is 4.06. The normalized spacial score (nSPS) is 13.5. The van der Waals surface area contributed by atoms with Gasteiger partial charge in [0.25, 0.3) is 0 Å². The highest BCUT2D eigenvalue weighted by molar-refractivity contribution is 5.54. The van der Waals surface area contributed by atoms with Gasteiger partial charge in [-0.05, 0) is 13.1 Å². The minimum absolute atomic E-state index is 0.0840. The van der Waals surface area contributed by atoms with Gasteiger partial charge in [0.1, 0.15) is 0 Å². The quantitative estimate of drug-likeness (QED) is 0.640. The highest BCUT2D eigenvalue weighted by Crippen LogP contribution is 2.22. The van der Waals surface area contributed by atoms with E-state index in [0.29, 0.717) is 0 Å². The van der Waals surface area contributed by atoms with Gasteiger partial charge in [0.15, 0.2) is 0 Å². The Morgan fingerprint density at radius 3 is 2.33 bits per heavy atom. The van der Waals surface area contributed by atoms with Gasteiger partial charge in [-0.25, -0.2) is 0 Å². The second kappa shape index (κ2) is 4.75. The highest BCUT2D eigenvalue weighted by atomic mass is 14.9. The molecule has 0 radical (unpaired) electrons. The molecule has 2 nitrogen and oxygen atoms in total. The lowest BCUT2D eigenvalue weighted by atomic mass is 9.92. The summed E-state index contributed by atoms with van der Waals surface area (Å²) in [6, 6.07) is 0. The zero-order valence-electron chi connectivity index (χ0n) is 8.39. The van der Waals surface area contributed by atoms with Crippen LogP contribution in [0.15, 0.2) is 29.7 Å². The summed E-state index contributed by atoms with van der Waals surface area (Å²) in [5.41, 5.74) is 1.15. The lowest BCUT2D eigenvalue weighted by Crippen LogP contribution is -2.19. The number of nitrogens with one attached hydrogen (secondary N) is 1. The molecule has 1 N–H and O–H groups in total. The third kappa shape index (κ3) is 3.96. The van der Waals surface area contributed by atoms with E-state index in [0.717, 1.165) is 5.70 Å². The topological polar surface area (TPSA) is 24.4 Å². The lowest BCUT2D eigenvalue weighted by Gasteiger charge is -2.21. The molecule has 68 valence electrons. The molecule has 2 heteroatoms. The summed E-state index contributed by atoms with van der Waals surface area (Å²) >= 11 is 0. The fraction of sp³-hybridized carbons (Fsp3) is 0.500. The Labute approximate surface area is 75.1 Å². The average Bonchev–Trinajstić information content (AvgIpc) is 1.95. The standard InChI is InChI=1S/C10H18N2/c1-6-11-8-9(12-7-2)10(3,4)5/h6-8,12H,2H2,1,3-5H3/b9-8-,11-6+. The Hall–Kier alpha value is -1.05. The van der Waals surface area contributed by atoms with Crippen molar-refractivity contribution in [2.24, 2.45) is 10.4 Å². The monoisotopic (exact) mass is 166 g/mol.